The summed E-state index contributed by atoms with van der Waals surface area (Å²) >= 11 is 0. The molecular weight excluding hydrogens is 212 g/mol. The second-order valence-electron chi connectivity index (χ2n) is 3.85. The van der Waals surface area contributed by atoms with E-state index in [-0.39, 0.29) is 23.7 Å². The third-order valence-electron chi connectivity index (χ3n) is 2.48. The molecule has 0 aliphatic carbocycles. The second kappa shape index (κ2) is 3.70. The Kier molecular flexibility index (Phi) is 2.49. The van der Waals surface area contributed by atoms with E-state index in [1.54, 1.807) is 20.8 Å². The molecule has 16 heavy (non-hydrogen) atoms. The molecule has 2 unspecified atom stereocenters. The number of carbonyl (C=O) groups excluding carboxylic acids is 2. The van der Waals surface area contributed by atoms with Crippen LogP contribution in [0, 0.1) is 5.92 Å². The van der Waals surface area contributed by atoms with Crippen LogP contribution >= 0.6 is 0 Å². The lowest BCUT2D eigenvalue weighted by Gasteiger charge is -2.08. The molecule has 2 aliphatic heterocycles. The first-order valence-electron chi connectivity index (χ1n) is 5.08. The number of cyclic esters (lactones) is 2. The normalized spacial score (nSPS) is 30.7. The predicted octanol–water partition coefficient (Wildman–Crippen LogP) is 0.310. The summed E-state index contributed by atoms with van der Waals surface area (Å²) in [6.45, 7) is 5.02. The van der Waals surface area contributed by atoms with Crippen LogP contribution in [0.25, 0.3) is 0 Å². The number of nitrogens with zero attached hydrogens (tertiary/aromatic N) is 2. The summed E-state index contributed by atoms with van der Waals surface area (Å²) in [5.74, 6) is -0.654. The molecule has 0 aromatic carbocycles. The maximum absolute atomic E-state index is 11.1. The van der Waals surface area contributed by atoms with Crippen LogP contribution in [-0.4, -0.2) is 35.8 Å². The Morgan fingerprint density at radius 3 is 1.62 bits per heavy atom. The molecule has 2 atom stereocenters. The fraction of sp³-hybridized carbons (Fsp3) is 0.600. The highest BCUT2D eigenvalue weighted by molar-refractivity contribution is 6.11. The number of carbonyl (C=O) groups is 2. The van der Waals surface area contributed by atoms with Gasteiger partial charge in [-0.05, 0) is 20.8 Å². The van der Waals surface area contributed by atoms with Crippen LogP contribution in [0.5, 0.6) is 0 Å². The summed E-state index contributed by atoms with van der Waals surface area (Å²) < 4.78 is 9.91. The lowest BCUT2D eigenvalue weighted by molar-refractivity contribution is -0.135. The van der Waals surface area contributed by atoms with Gasteiger partial charge in [0, 0.05) is 0 Å². The molecule has 0 amide bonds. The summed E-state index contributed by atoms with van der Waals surface area (Å²) in [4.78, 5) is 30.4. The molecule has 0 N–H and O–H groups in total. The fourth-order valence-corrected chi connectivity index (χ4v) is 1.42. The van der Waals surface area contributed by atoms with Crippen LogP contribution in [0.4, 0.5) is 0 Å². The minimum absolute atomic E-state index is 0.262. The van der Waals surface area contributed by atoms with Crippen LogP contribution in [0.1, 0.15) is 20.8 Å². The van der Waals surface area contributed by atoms with E-state index >= 15 is 0 Å². The van der Waals surface area contributed by atoms with Gasteiger partial charge in [-0.25, -0.2) is 19.6 Å². The third-order valence-corrected chi connectivity index (χ3v) is 2.48. The summed E-state index contributed by atoms with van der Waals surface area (Å²) in [5, 5.41) is 0. The standard InChI is InChI=1S/C10H12N2O4/c1-4(7-11-5(2)9(13)15-7)8-12-6(3)10(14)16-8/h4-6H,1-3H3. The van der Waals surface area contributed by atoms with Crippen molar-refractivity contribution in [2.45, 2.75) is 32.9 Å². The van der Waals surface area contributed by atoms with Crippen LogP contribution in [-0.2, 0) is 19.1 Å². The minimum atomic E-state index is -0.493. The zero-order valence-corrected chi connectivity index (χ0v) is 9.26. The summed E-state index contributed by atoms with van der Waals surface area (Å²) in [5.41, 5.74) is 0. The van der Waals surface area contributed by atoms with Crippen molar-refractivity contribution in [2.24, 2.45) is 15.9 Å². The van der Waals surface area contributed by atoms with E-state index in [4.69, 9.17) is 9.47 Å². The Morgan fingerprint density at radius 1 is 1.00 bits per heavy atom. The van der Waals surface area contributed by atoms with E-state index in [0.29, 0.717) is 0 Å². The van der Waals surface area contributed by atoms with Gasteiger partial charge in [-0.3, -0.25) is 0 Å². The van der Waals surface area contributed by atoms with Gasteiger partial charge in [-0.1, -0.05) is 0 Å². The maximum Gasteiger partial charge on any atom is 0.337 e. The van der Waals surface area contributed by atoms with Crippen molar-refractivity contribution in [2.75, 3.05) is 0 Å². The molecule has 0 aromatic rings. The molecule has 0 bridgehead atoms. The van der Waals surface area contributed by atoms with Gasteiger partial charge in [0.25, 0.3) is 0 Å². The van der Waals surface area contributed by atoms with Crippen LogP contribution in [0.15, 0.2) is 9.98 Å². The van der Waals surface area contributed by atoms with Crippen LogP contribution < -0.4 is 0 Å². The Balaban J connectivity index is 2.13. The zero-order valence-electron chi connectivity index (χ0n) is 9.26. The van der Waals surface area contributed by atoms with Crippen molar-refractivity contribution in [3.8, 4) is 0 Å². The molecular formula is C10H12N2O4. The number of ether oxygens (including phenoxy) is 2. The van der Waals surface area contributed by atoms with E-state index < -0.39 is 18.0 Å². The fourth-order valence-electron chi connectivity index (χ4n) is 1.42. The van der Waals surface area contributed by atoms with E-state index in [2.05, 4.69) is 9.98 Å². The first-order valence-corrected chi connectivity index (χ1v) is 5.08. The van der Waals surface area contributed by atoms with Crippen molar-refractivity contribution in [1.29, 1.82) is 0 Å². The van der Waals surface area contributed by atoms with Crippen LogP contribution in [0.3, 0.4) is 0 Å². The number of aliphatic imine (C=N–C) groups is 2. The first-order chi connectivity index (χ1) is 7.49. The number of hydrogen-bond acceptors (Lipinski definition) is 6. The highest BCUT2D eigenvalue weighted by Gasteiger charge is 2.36. The Bertz CT molecular complexity index is 375. The summed E-state index contributed by atoms with van der Waals surface area (Å²) in [7, 11) is 0. The second-order valence-corrected chi connectivity index (χ2v) is 3.85. The molecule has 0 aromatic heterocycles. The molecule has 2 aliphatic rings. The average Bonchev–Trinajstić information content (AvgIpc) is 2.72. The van der Waals surface area contributed by atoms with E-state index in [1.165, 1.54) is 0 Å². The Morgan fingerprint density at radius 2 is 1.38 bits per heavy atom. The highest BCUT2D eigenvalue weighted by atomic mass is 16.6. The van der Waals surface area contributed by atoms with Gasteiger partial charge in [0.2, 0.25) is 11.8 Å². The monoisotopic (exact) mass is 224 g/mol. The molecule has 86 valence electrons. The molecule has 0 saturated carbocycles. The van der Waals surface area contributed by atoms with E-state index in [9.17, 15) is 9.59 Å². The molecule has 6 heteroatoms. The quantitative estimate of drug-likeness (QED) is 0.632. The molecule has 0 spiro atoms. The molecule has 0 saturated heterocycles. The topological polar surface area (TPSA) is 77.3 Å². The van der Waals surface area contributed by atoms with Crippen molar-refractivity contribution in [3.05, 3.63) is 0 Å². The molecule has 2 heterocycles. The van der Waals surface area contributed by atoms with Gasteiger partial charge >= 0.3 is 11.9 Å². The Hall–Kier alpha value is -1.72. The predicted molar refractivity (Wildman–Crippen MR) is 55.1 cm³/mol. The smallest absolute Gasteiger partial charge is 0.337 e. The highest BCUT2D eigenvalue weighted by Crippen LogP contribution is 2.18. The van der Waals surface area contributed by atoms with Crippen molar-refractivity contribution >= 4 is 23.7 Å². The maximum atomic E-state index is 11.1. The van der Waals surface area contributed by atoms with E-state index in [1.807, 2.05) is 0 Å². The minimum Gasteiger partial charge on any atom is -0.409 e. The lowest BCUT2D eigenvalue weighted by Crippen LogP contribution is -2.23. The average molecular weight is 224 g/mol. The third kappa shape index (κ3) is 1.70. The van der Waals surface area contributed by atoms with Gasteiger partial charge in [0.05, 0.1) is 0 Å². The summed E-state index contributed by atoms with van der Waals surface area (Å²) in [6.07, 6.45) is 0. The largest absolute Gasteiger partial charge is 0.409 e. The van der Waals surface area contributed by atoms with Gasteiger partial charge in [-0.2, -0.15) is 0 Å². The first kappa shape index (κ1) is 10.8. The zero-order chi connectivity index (χ0) is 11.9. The number of rotatable bonds is 2. The molecule has 2 rings (SSSR count). The van der Waals surface area contributed by atoms with Gasteiger partial charge in [0.15, 0.2) is 0 Å². The van der Waals surface area contributed by atoms with Crippen LogP contribution in [0.2, 0.25) is 0 Å². The Labute approximate surface area is 92.4 Å². The van der Waals surface area contributed by atoms with Crippen molar-refractivity contribution in [1.82, 2.24) is 0 Å². The van der Waals surface area contributed by atoms with E-state index in [0.717, 1.165) is 0 Å². The van der Waals surface area contributed by atoms with Crippen molar-refractivity contribution in [3.63, 3.8) is 0 Å². The van der Waals surface area contributed by atoms with Crippen molar-refractivity contribution < 1.29 is 19.1 Å². The molecule has 6 nitrogen and oxygen atoms in total. The molecule has 0 radical (unpaired) electrons. The number of hydrogen-bond donors (Lipinski definition) is 0. The number of esters is 2. The lowest BCUT2D eigenvalue weighted by atomic mass is 10.2. The van der Waals surface area contributed by atoms with Gasteiger partial charge < -0.3 is 9.47 Å². The SMILES string of the molecule is CC1N=C(C(C)C2=NC(C)C(=O)O2)OC1=O. The van der Waals surface area contributed by atoms with Gasteiger partial charge in [-0.15, -0.1) is 0 Å². The molecule has 0 fully saturated rings. The van der Waals surface area contributed by atoms with Gasteiger partial charge in [0.1, 0.15) is 18.0 Å². The summed E-state index contributed by atoms with van der Waals surface area (Å²) in [6, 6.07) is -0.986.